The van der Waals surface area contributed by atoms with Crippen LogP contribution < -0.4 is 16.1 Å². The lowest BCUT2D eigenvalue weighted by Gasteiger charge is -2.07. The molecule has 0 unspecified atom stereocenters. The summed E-state index contributed by atoms with van der Waals surface area (Å²) in [5.41, 5.74) is 3.42. The van der Waals surface area contributed by atoms with Gasteiger partial charge in [0.25, 0.3) is 0 Å². The van der Waals surface area contributed by atoms with E-state index in [2.05, 4.69) is 41.3 Å². The van der Waals surface area contributed by atoms with Crippen molar-refractivity contribution in [3.8, 4) is 5.75 Å². The Morgan fingerprint density at radius 2 is 1.47 bits per heavy atom. The molecule has 0 saturated heterocycles. The summed E-state index contributed by atoms with van der Waals surface area (Å²) in [6.45, 7) is 2.15. The maximum atomic E-state index is 5.06. The summed E-state index contributed by atoms with van der Waals surface area (Å²) in [5.74, 6) is 5.71. The van der Waals surface area contributed by atoms with Gasteiger partial charge in [0, 0.05) is 11.4 Å². The van der Waals surface area contributed by atoms with Crippen LogP contribution in [0.3, 0.4) is 0 Å². The minimum absolute atomic E-state index is 0.650. The van der Waals surface area contributed by atoms with Gasteiger partial charge >= 0.3 is 0 Å². The van der Waals surface area contributed by atoms with Crippen LogP contribution in [0.2, 0.25) is 0 Å². The molecular weight excluding hydrogens is 212 g/mol. The van der Waals surface area contributed by atoms with E-state index in [1.54, 1.807) is 0 Å². The summed E-state index contributed by atoms with van der Waals surface area (Å²) in [7, 11) is 0. The monoisotopic (exact) mass is 228 g/mol. The van der Waals surface area contributed by atoms with Crippen LogP contribution in [-0.2, 0) is 6.42 Å². The van der Waals surface area contributed by atoms with Gasteiger partial charge in [-0.3, -0.25) is 0 Å². The van der Waals surface area contributed by atoms with E-state index in [0.29, 0.717) is 5.75 Å². The Labute approximate surface area is 101 Å². The molecule has 0 spiro atoms. The average Bonchev–Trinajstić information content (AvgIpc) is 2.40. The molecule has 3 nitrogen and oxygen atoms in total. The molecule has 0 atom stereocenters. The molecule has 0 aliphatic rings. The highest BCUT2D eigenvalue weighted by Crippen LogP contribution is 2.19. The van der Waals surface area contributed by atoms with Gasteiger partial charge in [-0.05, 0) is 48.4 Å². The molecule has 17 heavy (non-hydrogen) atoms. The van der Waals surface area contributed by atoms with Gasteiger partial charge in [0.15, 0.2) is 0 Å². The molecule has 0 amide bonds. The zero-order chi connectivity index (χ0) is 12.1. The molecule has 0 radical (unpaired) electrons. The minimum atomic E-state index is 0.650. The third kappa shape index (κ3) is 2.98. The van der Waals surface area contributed by atoms with Crippen molar-refractivity contribution in [2.24, 2.45) is 5.90 Å². The average molecular weight is 228 g/mol. The van der Waals surface area contributed by atoms with Crippen molar-refractivity contribution in [3.05, 3.63) is 54.1 Å². The molecule has 0 aliphatic heterocycles. The number of aryl methyl sites for hydroxylation is 1. The fourth-order valence-electron chi connectivity index (χ4n) is 1.61. The quantitative estimate of drug-likeness (QED) is 0.790. The zero-order valence-corrected chi connectivity index (χ0v) is 9.81. The summed E-state index contributed by atoms with van der Waals surface area (Å²) in [5, 5.41) is 3.31. The third-order valence-electron chi connectivity index (χ3n) is 2.64. The van der Waals surface area contributed by atoms with E-state index in [9.17, 15) is 0 Å². The molecule has 88 valence electrons. The van der Waals surface area contributed by atoms with Crippen LogP contribution in [0.1, 0.15) is 12.5 Å². The van der Waals surface area contributed by atoms with Gasteiger partial charge in [-0.1, -0.05) is 19.1 Å². The summed E-state index contributed by atoms with van der Waals surface area (Å²) in [6.07, 6.45) is 1.06. The van der Waals surface area contributed by atoms with Gasteiger partial charge in [0.05, 0.1) is 0 Å². The third-order valence-corrected chi connectivity index (χ3v) is 2.64. The van der Waals surface area contributed by atoms with E-state index in [1.165, 1.54) is 5.56 Å². The Bertz CT molecular complexity index is 417. The van der Waals surface area contributed by atoms with E-state index < -0.39 is 0 Å². The number of anilines is 2. The topological polar surface area (TPSA) is 47.3 Å². The SMILES string of the molecule is CCc1ccc(Nc2ccc(ON)cc2)cc1. The van der Waals surface area contributed by atoms with Crippen LogP contribution in [0.15, 0.2) is 48.5 Å². The summed E-state index contributed by atoms with van der Waals surface area (Å²) in [6, 6.07) is 15.9. The van der Waals surface area contributed by atoms with E-state index in [0.717, 1.165) is 17.8 Å². The molecule has 3 N–H and O–H groups in total. The maximum Gasteiger partial charge on any atom is 0.146 e. The largest absolute Gasteiger partial charge is 0.412 e. The normalized spacial score (nSPS) is 10.0. The van der Waals surface area contributed by atoms with E-state index in [1.807, 2.05) is 24.3 Å². The predicted molar refractivity (Wildman–Crippen MR) is 70.4 cm³/mol. The molecule has 0 heterocycles. The second-order valence-corrected chi connectivity index (χ2v) is 3.82. The van der Waals surface area contributed by atoms with Crippen molar-refractivity contribution in [2.45, 2.75) is 13.3 Å². The van der Waals surface area contributed by atoms with Crippen LogP contribution in [0.5, 0.6) is 5.75 Å². The predicted octanol–water partition coefficient (Wildman–Crippen LogP) is 3.25. The van der Waals surface area contributed by atoms with Crippen LogP contribution in [0.4, 0.5) is 11.4 Å². The first-order chi connectivity index (χ1) is 8.31. The number of hydrogen-bond donors (Lipinski definition) is 2. The molecule has 3 heteroatoms. The first-order valence-corrected chi connectivity index (χ1v) is 5.64. The number of nitrogens with two attached hydrogens (primary N) is 1. The van der Waals surface area contributed by atoms with Gasteiger partial charge in [-0.2, -0.15) is 5.90 Å². The van der Waals surface area contributed by atoms with Gasteiger partial charge < -0.3 is 10.2 Å². The van der Waals surface area contributed by atoms with Gasteiger partial charge in [0.2, 0.25) is 0 Å². The molecule has 2 aromatic carbocycles. The lowest BCUT2D eigenvalue weighted by Crippen LogP contribution is -2.01. The van der Waals surface area contributed by atoms with Crippen LogP contribution in [0, 0.1) is 0 Å². The standard InChI is InChI=1S/C14H16N2O/c1-2-11-3-5-12(6-4-11)16-13-7-9-14(17-15)10-8-13/h3-10,16H,2,15H2,1H3. The van der Waals surface area contributed by atoms with Crippen molar-refractivity contribution in [1.82, 2.24) is 0 Å². The first-order valence-electron chi connectivity index (χ1n) is 5.64. The Balaban J connectivity index is 2.08. The van der Waals surface area contributed by atoms with Crippen molar-refractivity contribution < 1.29 is 4.84 Å². The Morgan fingerprint density at radius 3 is 1.94 bits per heavy atom. The molecule has 0 aliphatic carbocycles. The second kappa shape index (κ2) is 5.37. The molecule has 0 bridgehead atoms. The Hall–Kier alpha value is -2.00. The van der Waals surface area contributed by atoms with Crippen molar-refractivity contribution in [3.63, 3.8) is 0 Å². The van der Waals surface area contributed by atoms with Gasteiger partial charge in [0.1, 0.15) is 5.75 Å². The molecule has 0 aromatic heterocycles. The van der Waals surface area contributed by atoms with Crippen molar-refractivity contribution >= 4 is 11.4 Å². The number of hydrogen-bond acceptors (Lipinski definition) is 3. The minimum Gasteiger partial charge on any atom is -0.412 e. The lowest BCUT2D eigenvalue weighted by molar-refractivity contribution is 0.334. The molecule has 2 aromatic rings. The highest BCUT2D eigenvalue weighted by atomic mass is 16.6. The molecule has 2 rings (SSSR count). The smallest absolute Gasteiger partial charge is 0.146 e. The van der Waals surface area contributed by atoms with Crippen LogP contribution >= 0.6 is 0 Å². The van der Waals surface area contributed by atoms with Crippen molar-refractivity contribution in [1.29, 1.82) is 0 Å². The van der Waals surface area contributed by atoms with Gasteiger partial charge in [-0.15, -0.1) is 0 Å². The zero-order valence-electron chi connectivity index (χ0n) is 9.81. The number of rotatable bonds is 4. The van der Waals surface area contributed by atoms with Crippen LogP contribution in [-0.4, -0.2) is 0 Å². The van der Waals surface area contributed by atoms with Crippen LogP contribution in [0.25, 0.3) is 0 Å². The number of nitrogens with one attached hydrogen (secondary N) is 1. The fourth-order valence-corrected chi connectivity index (χ4v) is 1.61. The molecular formula is C14H16N2O. The van der Waals surface area contributed by atoms with E-state index in [-0.39, 0.29) is 0 Å². The Morgan fingerprint density at radius 1 is 0.941 bits per heavy atom. The summed E-state index contributed by atoms with van der Waals surface area (Å²) in [4.78, 5) is 4.62. The second-order valence-electron chi connectivity index (χ2n) is 3.82. The van der Waals surface area contributed by atoms with Gasteiger partial charge in [-0.25, -0.2) is 0 Å². The highest BCUT2D eigenvalue weighted by molar-refractivity contribution is 5.60. The molecule has 0 saturated carbocycles. The highest BCUT2D eigenvalue weighted by Gasteiger charge is 1.96. The number of benzene rings is 2. The summed E-state index contributed by atoms with van der Waals surface area (Å²) < 4.78 is 0. The molecule has 0 fully saturated rings. The van der Waals surface area contributed by atoms with E-state index >= 15 is 0 Å². The van der Waals surface area contributed by atoms with Crippen molar-refractivity contribution in [2.75, 3.05) is 5.32 Å². The summed E-state index contributed by atoms with van der Waals surface area (Å²) >= 11 is 0. The Kier molecular flexibility index (Phi) is 3.62. The van der Waals surface area contributed by atoms with E-state index in [4.69, 9.17) is 5.90 Å². The first kappa shape index (κ1) is 11.5. The maximum absolute atomic E-state index is 5.06. The fraction of sp³-hybridized carbons (Fsp3) is 0.143. The lowest BCUT2D eigenvalue weighted by atomic mass is 10.1.